The van der Waals surface area contributed by atoms with Crippen molar-refractivity contribution in [1.82, 2.24) is 0 Å². The van der Waals surface area contributed by atoms with Crippen molar-refractivity contribution in [2.24, 2.45) is 0 Å². The summed E-state index contributed by atoms with van der Waals surface area (Å²) in [5.74, 6) is -2.78. The second-order valence-corrected chi connectivity index (χ2v) is 15.4. The topological polar surface area (TPSA) is 114 Å². The Balaban J connectivity index is 1.15. The van der Waals surface area contributed by atoms with Crippen LogP contribution in [0.25, 0.3) is 44.2 Å². The van der Waals surface area contributed by atoms with Gasteiger partial charge in [0.15, 0.2) is 0 Å². The van der Waals surface area contributed by atoms with Crippen molar-refractivity contribution in [3.05, 3.63) is 140 Å². The van der Waals surface area contributed by atoms with Crippen LogP contribution >= 0.6 is 0 Å². The Morgan fingerprint density at radius 1 is 0.672 bits per heavy atom. The second kappa shape index (κ2) is 20.0. The summed E-state index contributed by atoms with van der Waals surface area (Å²) in [4.78, 5) is 38.0. The number of carbonyl (C=O) groups excluding carboxylic acids is 1. The summed E-state index contributed by atoms with van der Waals surface area (Å²) < 4.78 is 64.2. The molecular weight excluding hydrogens is 783 g/mol. The molecule has 0 N–H and O–H groups in total. The van der Waals surface area contributed by atoms with Crippen molar-refractivity contribution < 1.29 is 41.4 Å². The third kappa shape index (κ3) is 11.6. The van der Waals surface area contributed by atoms with Crippen molar-refractivity contribution in [2.75, 3.05) is 26.4 Å². The second-order valence-electron chi connectivity index (χ2n) is 15.4. The van der Waals surface area contributed by atoms with Crippen LogP contribution in [0.4, 0.5) is 8.78 Å². The lowest BCUT2D eigenvalue weighted by molar-refractivity contribution is -0.139. The fraction of sp³-hybridized carbons (Fsp3) is 0.340. The predicted molar refractivity (Wildman–Crippen MR) is 234 cm³/mol. The molecular formula is C50H52F2O9. The first kappa shape index (κ1) is 44.5. The molecule has 0 spiro atoms. The van der Waals surface area contributed by atoms with Gasteiger partial charge in [0, 0.05) is 47.9 Å². The maximum atomic E-state index is 14.7. The molecule has 0 aliphatic heterocycles. The fourth-order valence-electron chi connectivity index (χ4n) is 7.14. The molecule has 0 amide bonds. The molecule has 320 valence electrons. The Bertz CT molecular complexity index is 2490. The van der Waals surface area contributed by atoms with E-state index in [1.54, 1.807) is 36.4 Å². The highest BCUT2D eigenvalue weighted by atomic mass is 19.3. The predicted octanol–water partition coefficient (Wildman–Crippen LogP) is 11.1. The SMILES string of the molecule is C=C(C)C(=O)OCCCC(F)(F)CCCOC(COc1ccc2cc(-c3ccc(C)cc3CC)c(=O)oc2c1)COc1ccc2cc(-c3ccc(C)cc3CC)c(=O)oc2c1. The van der Waals surface area contributed by atoms with Crippen LogP contribution in [0.2, 0.25) is 0 Å². The molecule has 0 bridgehead atoms. The average molecular weight is 835 g/mol. The van der Waals surface area contributed by atoms with Gasteiger partial charge in [-0.1, -0.05) is 68.0 Å². The molecule has 6 aromatic rings. The Labute approximate surface area is 353 Å². The van der Waals surface area contributed by atoms with Crippen LogP contribution in [0.15, 0.2) is 116 Å². The molecule has 9 nitrogen and oxygen atoms in total. The first-order chi connectivity index (χ1) is 29.2. The summed E-state index contributed by atoms with van der Waals surface area (Å²) in [6.07, 6.45) is -0.0131. The Kier molecular flexibility index (Phi) is 14.6. The number of hydrogen-bond acceptors (Lipinski definition) is 9. The molecule has 0 atom stereocenters. The summed E-state index contributed by atoms with van der Waals surface area (Å²) in [6.45, 7) is 12.9. The maximum Gasteiger partial charge on any atom is 0.344 e. The van der Waals surface area contributed by atoms with Crippen molar-refractivity contribution in [3.8, 4) is 33.8 Å². The number of carbonyl (C=O) groups is 1. The van der Waals surface area contributed by atoms with Gasteiger partial charge in [0.05, 0.1) is 17.7 Å². The zero-order valence-electron chi connectivity index (χ0n) is 35.4. The molecule has 6 rings (SSSR count). The van der Waals surface area contributed by atoms with Gasteiger partial charge in [0.1, 0.15) is 42.0 Å². The van der Waals surface area contributed by atoms with E-state index < -0.39 is 42.1 Å². The molecule has 0 unspecified atom stereocenters. The van der Waals surface area contributed by atoms with E-state index in [2.05, 4.69) is 18.7 Å². The Hall–Kier alpha value is -6.07. The summed E-state index contributed by atoms with van der Waals surface area (Å²) in [7, 11) is 0. The highest BCUT2D eigenvalue weighted by Crippen LogP contribution is 2.30. The zero-order valence-corrected chi connectivity index (χ0v) is 35.4. The molecule has 0 radical (unpaired) electrons. The summed E-state index contributed by atoms with van der Waals surface area (Å²) in [6, 6.07) is 26.0. The quantitative estimate of drug-likeness (QED) is 0.0321. The van der Waals surface area contributed by atoms with Crippen molar-refractivity contribution in [3.63, 3.8) is 0 Å². The molecule has 11 heteroatoms. The standard InChI is InChI=1S/C50H52F2O9/c1-7-34-23-32(5)11-17-41(34)43-25-36-13-15-38(27-45(36)60-48(43)54)58-29-40(56-21-9-19-50(51,52)20-10-22-57-47(53)31(3)4)30-59-39-16-14-37-26-44(49(55)61-46(37)28-39)42-18-12-33(6)24-35(42)8-2/h11-18,23-28,40H,3,7-10,19-22,29-30H2,1-2,4-6H3. The van der Waals surface area contributed by atoms with Crippen LogP contribution in [0.5, 0.6) is 11.5 Å². The molecule has 0 saturated heterocycles. The molecule has 0 fully saturated rings. The van der Waals surface area contributed by atoms with Crippen molar-refractivity contribution in [1.29, 1.82) is 0 Å². The highest BCUT2D eigenvalue weighted by Gasteiger charge is 2.28. The number of halogens is 2. The van der Waals surface area contributed by atoms with Gasteiger partial charge in [-0.15, -0.1) is 0 Å². The molecule has 4 aromatic carbocycles. The van der Waals surface area contributed by atoms with Gasteiger partial charge in [0.2, 0.25) is 5.92 Å². The van der Waals surface area contributed by atoms with E-state index in [0.29, 0.717) is 33.8 Å². The molecule has 0 saturated carbocycles. The number of alkyl halides is 2. The summed E-state index contributed by atoms with van der Waals surface area (Å²) >= 11 is 0. The minimum atomic E-state index is -2.99. The molecule has 61 heavy (non-hydrogen) atoms. The van der Waals surface area contributed by atoms with Crippen LogP contribution in [0.1, 0.15) is 68.7 Å². The van der Waals surface area contributed by atoms with Gasteiger partial charge in [-0.05, 0) is 105 Å². The first-order valence-electron chi connectivity index (χ1n) is 20.7. The van der Waals surface area contributed by atoms with E-state index in [1.165, 1.54) is 6.92 Å². The van der Waals surface area contributed by atoms with Gasteiger partial charge in [-0.2, -0.15) is 0 Å². The fourth-order valence-corrected chi connectivity index (χ4v) is 7.14. The highest BCUT2D eigenvalue weighted by molar-refractivity contribution is 5.87. The molecule has 0 aliphatic rings. The van der Waals surface area contributed by atoms with E-state index in [0.717, 1.165) is 57.0 Å². The minimum Gasteiger partial charge on any atom is -0.491 e. The van der Waals surface area contributed by atoms with Crippen molar-refractivity contribution >= 4 is 27.9 Å². The third-order valence-electron chi connectivity index (χ3n) is 10.5. The number of ether oxygens (including phenoxy) is 4. The normalized spacial score (nSPS) is 11.7. The summed E-state index contributed by atoms with van der Waals surface area (Å²) in [5.41, 5.74) is 6.90. The van der Waals surface area contributed by atoms with Crippen molar-refractivity contribution in [2.45, 2.75) is 85.2 Å². The van der Waals surface area contributed by atoms with Gasteiger partial charge >= 0.3 is 17.2 Å². The number of rotatable bonds is 20. The average Bonchev–Trinajstić information content (AvgIpc) is 3.23. The van der Waals surface area contributed by atoms with Gasteiger partial charge in [0.25, 0.3) is 0 Å². The van der Waals surface area contributed by atoms with Crippen LogP contribution in [-0.4, -0.2) is 44.4 Å². The molecule has 2 aromatic heterocycles. The summed E-state index contributed by atoms with van der Waals surface area (Å²) in [5, 5.41) is 1.44. The third-order valence-corrected chi connectivity index (χ3v) is 10.5. The van der Waals surface area contributed by atoms with E-state index in [9.17, 15) is 23.2 Å². The monoisotopic (exact) mass is 834 g/mol. The number of aryl methyl sites for hydroxylation is 4. The number of fused-ring (bicyclic) bond motifs is 2. The molecule has 2 heterocycles. The number of esters is 1. The van der Waals surface area contributed by atoms with Gasteiger partial charge < -0.3 is 27.8 Å². The van der Waals surface area contributed by atoms with E-state index in [1.807, 2.05) is 64.1 Å². The lowest BCUT2D eigenvalue weighted by Crippen LogP contribution is -2.29. The smallest absolute Gasteiger partial charge is 0.344 e. The maximum absolute atomic E-state index is 14.7. The van der Waals surface area contributed by atoms with Crippen LogP contribution in [0.3, 0.4) is 0 Å². The van der Waals surface area contributed by atoms with Gasteiger partial charge in [-0.3, -0.25) is 0 Å². The van der Waals surface area contributed by atoms with E-state index >= 15 is 0 Å². The first-order valence-corrected chi connectivity index (χ1v) is 20.7. The number of hydrogen-bond donors (Lipinski definition) is 0. The molecule has 0 aliphatic carbocycles. The van der Waals surface area contributed by atoms with Crippen LogP contribution in [-0.2, 0) is 27.1 Å². The van der Waals surface area contributed by atoms with E-state index in [-0.39, 0.29) is 44.8 Å². The van der Waals surface area contributed by atoms with Crippen LogP contribution in [0, 0.1) is 13.8 Å². The Morgan fingerprint density at radius 2 is 1.15 bits per heavy atom. The largest absolute Gasteiger partial charge is 0.491 e. The van der Waals surface area contributed by atoms with Crippen LogP contribution < -0.4 is 20.7 Å². The zero-order chi connectivity index (χ0) is 43.7. The van der Waals surface area contributed by atoms with E-state index in [4.69, 9.17) is 27.8 Å². The Morgan fingerprint density at radius 3 is 1.61 bits per heavy atom. The lowest BCUT2D eigenvalue weighted by atomic mass is 9.97. The van der Waals surface area contributed by atoms with Gasteiger partial charge in [-0.25, -0.2) is 23.2 Å². The lowest BCUT2D eigenvalue weighted by Gasteiger charge is -2.21. The number of benzene rings is 4. The minimum absolute atomic E-state index is 0.00896.